The van der Waals surface area contributed by atoms with Gasteiger partial charge in [-0.05, 0) is 18.9 Å². The Bertz CT molecular complexity index is 792. The second kappa shape index (κ2) is 5.93. The summed E-state index contributed by atoms with van der Waals surface area (Å²) in [7, 11) is 0. The Balaban J connectivity index is 2.20. The average molecular weight is 298 g/mol. The summed E-state index contributed by atoms with van der Waals surface area (Å²) < 4.78 is 2.19. The lowest BCUT2D eigenvalue weighted by Crippen LogP contribution is -2.16. The third-order valence-corrected chi connectivity index (χ3v) is 3.58. The zero-order valence-corrected chi connectivity index (χ0v) is 13.2. The topological polar surface area (TPSA) is 63.0 Å². The van der Waals surface area contributed by atoms with Crippen molar-refractivity contribution in [2.45, 2.75) is 33.4 Å². The molecule has 5 nitrogen and oxygen atoms in total. The first-order valence-electron chi connectivity index (χ1n) is 7.71. The molecule has 0 fully saturated rings. The van der Waals surface area contributed by atoms with Gasteiger partial charge in [-0.25, -0.2) is 9.97 Å². The number of nitrogens with zero attached hydrogens (tertiary/aromatic N) is 3. The normalized spacial score (nSPS) is 13.1. The number of hydrogen-bond acceptors (Lipinski definition) is 4. The number of aromatic nitrogens is 3. The predicted molar refractivity (Wildman–Crippen MR) is 90.0 cm³/mol. The molecule has 0 unspecified atom stereocenters. The molecule has 0 aliphatic heterocycles. The fourth-order valence-electron chi connectivity index (χ4n) is 2.68. The van der Waals surface area contributed by atoms with Gasteiger partial charge in [0.25, 0.3) is 0 Å². The number of hydrogen-bond donors (Lipinski definition) is 2. The third kappa shape index (κ3) is 2.76. The van der Waals surface area contributed by atoms with Gasteiger partial charge in [-0.15, -0.1) is 0 Å². The van der Waals surface area contributed by atoms with Gasteiger partial charge in [-0.3, -0.25) is 0 Å². The second-order valence-electron chi connectivity index (χ2n) is 6.20. The zero-order valence-electron chi connectivity index (χ0n) is 13.2. The van der Waals surface area contributed by atoms with Crippen molar-refractivity contribution < 1.29 is 5.11 Å². The van der Waals surface area contributed by atoms with Crippen molar-refractivity contribution in [1.82, 2.24) is 14.5 Å². The first-order valence-corrected chi connectivity index (χ1v) is 7.71. The highest BCUT2D eigenvalue weighted by Crippen LogP contribution is 2.29. The molecule has 0 aliphatic rings. The van der Waals surface area contributed by atoms with Crippen LogP contribution in [0.2, 0.25) is 0 Å². The van der Waals surface area contributed by atoms with Crippen LogP contribution >= 0.6 is 0 Å². The third-order valence-electron chi connectivity index (χ3n) is 3.58. The molecule has 0 bridgehead atoms. The molecule has 2 aromatic heterocycles. The zero-order chi connectivity index (χ0) is 15.7. The molecule has 1 aromatic carbocycles. The number of nitrogens with one attached hydrogen (secondary N) is 1. The van der Waals surface area contributed by atoms with Crippen LogP contribution in [-0.4, -0.2) is 32.3 Å². The van der Waals surface area contributed by atoms with Crippen LogP contribution in [0.4, 0.5) is 5.82 Å². The van der Waals surface area contributed by atoms with Crippen LogP contribution in [0.15, 0.2) is 30.6 Å². The summed E-state index contributed by atoms with van der Waals surface area (Å²) in [6.07, 6.45) is 1.45. The quantitative estimate of drug-likeness (QED) is 0.760. The van der Waals surface area contributed by atoms with E-state index in [4.69, 9.17) is 0 Å². The van der Waals surface area contributed by atoms with Crippen molar-refractivity contribution in [2.75, 3.05) is 11.9 Å². The van der Waals surface area contributed by atoms with E-state index in [0.29, 0.717) is 12.5 Å². The Hall–Kier alpha value is -2.14. The summed E-state index contributed by atoms with van der Waals surface area (Å²) in [4.78, 5) is 9.23. The standard InChI is InChI=1S/C17H22N4O/c1-11(2)9-21-10-19-15-16(21)13-6-4-5-7-14(13)20-17(15)18-8-12(3)22/h4-7,10-12,22H,8-9H2,1-3H3,(H,18,20)/t12-/m0/s1. The van der Waals surface area contributed by atoms with E-state index in [9.17, 15) is 5.11 Å². The summed E-state index contributed by atoms with van der Waals surface area (Å²) >= 11 is 0. The van der Waals surface area contributed by atoms with Gasteiger partial charge in [-0.1, -0.05) is 32.0 Å². The largest absolute Gasteiger partial charge is 0.392 e. The maximum absolute atomic E-state index is 9.51. The van der Waals surface area contributed by atoms with E-state index in [-0.39, 0.29) is 0 Å². The Labute approximate surface area is 130 Å². The maximum atomic E-state index is 9.51. The lowest BCUT2D eigenvalue weighted by atomic mass is 10.1. The fraction of sp³-hybridized carbons (Fsp3) is 0.412. The predicted octanol–water partition coefficient (Wildman–Crippen LogP) is 3.03. The summed E-state index contributed by atoms with van der Waals surface area (Å²) in [5, 5.41) is 13.8. The van der Waals surface area contributed by atoms with E-state index in [2.05, 4.69) is 39.8 Å². The van der Waals surface area contributed by atoms with E-state index in [1.54, 1.807) is 6.92 Å². The number of pyridine rings is 1. The number of aliphatic hydroxyl groups is 1. The number of benzene rings is 1. The van der Waals surface area contributed by atoms with Crippen molar-refractivity contribution in [3.05, 3.63) is 30.6 Å². The van der Waals surface area contributed by atoms with E-state index in [1.807, 2.05) is 24.5 Å². The van der Waals surface area contributed by atoms with Gasteiger partial charge < -0.3 is 15.0 Å². The summed E-state index contributed by atoms with van der Waals surface area (Å²) in [6, 6.07) is 8.11. The van der Waals surface area contributed by atoms with Crippen LogP contribution in [0.25, 0.3) is 21.9 Å². The van der Waals surface area contributed by atoms with Gasteiger partial charge in [-0.2, -0.15) is 0 Å². The maximum Gasteiger partial charge on any atom is 0.155 e. The van der Waals surface area contributed by atoms with E-state index in [0.717, 1.165) is 34.3 Å². The smallest absolute Gasteiger partial charge is 0.155 e. The van der Waals surface area contributed by atoms with Gasteiger partial charge in [0, 0.05) is 18.5 Å². The summed E-state index contributed by atoms with van der Waals surface area (Å²) in [5.74, 6) is 1.27. The molecule has 3 aromatic rings. The molecule has 0 amide bonds. The molecule has 2 heterocycles. The molecule has 1 atom stereocenters. The number of aliphatic hydroxyl groups excluding tert-OH is 1. The molecule has 5 heteroatoms. The molecule has 0 aliphatic carbocycles. The Morgan fingerprint density at radius 2 is 2.00 bits per heavy atom. The molecular weight excluding hydrogens is 276 g/mol. The monoisotopic (exact) mass is 298 g/mol. The summed E-state index contributed by atoms with van der Waals surface area (Å²) in [5.41, 5.74) is 2.90. The molecule has 0 spiro atoms. The first kappa shape index (κ1) is 14.8. The van der Waals surface area contributed by atoms with E-state index >= 15 is 0 Å². The second-order valence-corrected chi connectivity index (χ2v) is 6.20. The van der Waals surface area contributed by atoms with Crippen molar-refractivity contribution in [3.63, 3.8) is 0 Å². The van der Waals surface area contributed by atoms with Crippen molar-refractivity contribution in [2.24, 2.45) is 5.92 Å². The van der Waals surface area contributed by atoms with Crippen LogP contribution < -0.4 is 5.32 Å². The first-order chi connectivity index (χ1) is 10.6. The number of anilines is 1. The van der Waals surface area contributed by atoms with Crippen LogP contribution in [0, 0.1) is 5.92 Å². The number of fused-ring (bicyclic) bond motifs is 3. The van der Waals surface area contributed by atoms with Gasteiger partial charge in [0.1, 0.15) is 5.52 Å². The van der Waals surface area contributed by atoms with Gasteiger partial charge in [0.15, 0.2) is 5.82 Å². The molecule has 0 radical (unpaired) electrons. The van der Waals surface area contributed by atoms with E-state index in [1.165, 1.54) is 0 Å². The highest BCUT2D eigenvalue weighted by molar-refractivity contribution is 6.06. The Morgan fingerprint density at radius 1 is 1.23 bits per heavy atom. The molecule has 3 rings (SSSR count). The molecular formula is C17H22N4O. The molecule has 2 N–H and O–H groups in total. The molecule has 0 saturated carbocycles. The van der Waals surface area contributed by atoms with Crippen LogP contribution in [0.3, 0.4) is 0 Å². The lowest BCUT2D eigenvalue weighted by molar-refractivity contribution is 0.208. The van der Waals surface area contributed by atoms with Crippen molar-refractivity contribution in [3.8, 4) is 0 Å². The molecule has 0 saturated heterocycles. The van der Waals surface area contributed by atoms with Gasteiger partial charge >= 0.3 is 0 Å². The number of rotatable bonds is 5. The minimum Gasteiger partial charge on any atom is -0.392 e. The SMILES string of the molecule is CC(C)Cn1cnc2c(NC[C@H](C)O)nc3ccccc3c21. The Kier molecular flexibility index (Phi) is 3.98. The minimum absolute atomic E-state index is 0.430. The van der Waals surface area contributed by atoms with Crippen LogP contribution in [0.5, 0.6) is 0 Å². The Morgan fingerprint density at radius 3 is 2.73 bits per heavy atom. The fourth-order valence-corrected chi connectivity index (χ4v) is 2.68. The number of imidazole rings is 1. The highest BCUT2D eigenvalue weighted by Gasteiger charge is 2.14. The van der Waals surface area contributed by atoms with Crippen LogP contribution in [0.1, 0.15) is 20.8 Å². The minimum atomic E-state index is -0.430. The van der Waals surface area contributed by atoms with Gasteiger partial charge in [0.05, 0.1) is 23.5 Å². The average Bonchev–Trinajstić information content (AvgIpc) is 2.88. The summed E-state index contributed by atoms with van der Waals surface area (Å²) in [6.45, 7) is 7.52. The number of para-hydroxylation sites is 1. The van der Waals surface area contributed by atoms with Crippen molar-refractivity contribution >= 4 is 27.8 Å². The molecule has 22 heavy (non-hydrogen) atoms. The molecule has 116 valence electrons. The van der Waals surface area contributed by atoms with Crippen molar-refractivity contribution in [1.29, 1.82) is 0 Å². The van der Waals surface area contributed by atoms with E-state index < -0.39 is 6.10 Å². The van der Waals surface area contributed by atoms with Crippen LogP contribution in [-0.2, 0) is 6.54 Å². The lowest BCUT2D eigenvalue weighted by Gasteiger charge is -2.12. The highest BCUT2D eigenvalue weighted by atomic mass is 16.3. The van der Waals surface area contributed by atoms with Gasteiger partial charge in [0.2, 0.25) is 0 Å².